The molecule has 0 N–H and O–H groups in total. The first-order valence-corrected chi connectivity index (χ1v) is 3.22. The van der Waals surface area contributed by atoms with E-state index in [1.54, 1.807) is 0 Å². The van der Waals surface area contributed by atoms with Gasteiger partial charge in [-0.25, -0.2) is 0 Å². The molecule has 0 aliphatic carbocycles. The van der Waals surface area contributed by atoms with Crippen molar-refractivity contribution in [2.45, 2.75) is 19.8 Å². The number of hydrogen-bond acceptors (Lipinski definition) is 2. The van der Waals surface area contributed by atoms with Crippen LogP contribution in [0, 0.1) is 0 Å². The van der Waals surface area contributed by atoms with Gasteiger partial charge in [0, 0.05) is 0 Å². The predicted molar refractivity (Wildman–Crippen MR) is 29.9 cm³/mol. The predicted octanol–water partition coefficient (Wildman–Crippen LogP) is 1.74. The van der Waals surface area contributed by atoms with Crippen molar-refractivity contribution in [2.75, 3.05) is 6.61 Å². The Labute approximate surface area is 61.5 Å². The summed E-state index contributed by atoms with van der Waals surface area (Å²) in [4.78, 5) is 0. The van der Waals surface area contributed by atoms with Crippen LogP contribution >= 0.6 is 8.69 Å². The SMILES string of the molecule is CCCCO[PH+]=O.[Co+3]. The minimum atomic E-state index is -0.582. The van der Waals surface area contributed by atoms with Crippen molar-refractivity contribution in [3.05, 3.63) is 0 Å². The van der Waals surface area contributed by atoms with E-state index in [0.717, 1.165) is 12.8 Å². The van der Waals surface area contributed by atoms with Crippen molar-refractivity contribution in [2.24, 2.45) is 0 Å². The van der Waals surface area contributed by atoms with Crippen molar-refractivity contribution in [3.8, 4) is 0 Å². The van der Waals surface area contributed by atoms with Gasteiger partial charge in [0.15, 0.2) is 0 Å². The van der Waals surface area contributed by atoms with Crippen molar-refractivity contribution in [1.82, 2.24) is 0 Å². The number of unbranched alkanes of at least 4 members (excludes halogenated alkanes) is 1. The molecule has 8 heavy (non-hydrogen) atoms. The Morgan fingerprint density at radius 1 is 1.62 bits per heavy atom. The summed E-state index contributed by atoms with van der Waals surface area (Å²) in [5.74, 6) is 0. The molecule has 0 aromatic carbocycles. The minimum Gasteiger partial charge on any atom is -0.148 e. The van der Waals surface area contributed by atoms with E-state index >= 15 is 0 Å². The molecule has 0 aromatic rings. The standard InChI is InChI=1S/C4H10O2P.Co/c1-2-3-4-6-7-5;/h7H,2-4H2,1H3;/q+1;+3. The molecule has 0 fully saturated rings. The van der Waals surface area contributed by atoms with E-state index in [9.17, 15) is 4.57 Å². The first kappa shape index (κ1) is 11.4. The van der Waals surface area contributed by atoms with Gasteiger partial charge in [-0.2, -0.15) is 0 Å². The fraction of sp³-hybridized carbons (Fsp3) is 1.00. The van der Waals surface area contributed by atoms with Gasteiger partial charge >= 0.3 is 25.5 Å². The fourth-order valence-corrected chi connectivity index (χ4v) is 0.486. The van der Waals surface area contributed by atoms with Gasteiger partial charge in [-0.05, 0) is 11.0 Å². The van der Waals surface area contributed by atoms with E-state index in [-0.39, 0.29) is 16.8 Å². The summed E-state index contributed by atoms with van der Waals surface area (Å²) >= 11 is 0. The van der Waals surface area contributed by atoms with Gasteiger partial charge in [-0.15, -0.1) is 4.52 Å². The molecule has 0 aliphatic rings. The van der Waals surface area contributed by atoms with E-state index in [1.807, 2.05) is 0 Å². The summed E-state index contributed by atoms with van der Waals surface area (Å²) < 4.78 is 14.2. The third kappa shape index (κ3) is 9.76. The Bertz CT molecular complexity index is 51.3. The van der Waals surface area contributed by atoms with Gasteiger partial charge in [0.25, 0.3) is 0 Å². The number of rotatable bonds is 4. The quantitative estimate of drug-likeness (QED) is 0.486. The minimum absolute atomic E-state index is 0. The molecule has 0 saturated carbocycles. The Balaban J connectivity index is 0. The molecule has 2 nitrogen and oxygen atoms in total. The zero-order chi connectivity index (χ0) is 5.54. The van der Waals surface area contributed by atoms with Gasteiger partial charge in [0.05, 0.1) is 0 Å². The van der Waals surface area contributed by atoms with Crippen LogP contribution in [0.1, 0.15) is 19.8 Å². The Morgan fingerprint density at radius 3 is 2.62 bits per heavy atom. The molecule has 1 atom stereocenters. The zero-order valence-corrected chi connectivity index (χ0v) is 6.81. The molecular weight excluding hydrogens is 170 g/mol. The Hall–Kier alpha value is 0.566. The van der Waals surface area contributed by atoms with E-state index in [0.29, 0.717) is 6.61 Å². The molecule has 0 radical (unpaired) electrons. The van der Waals surface area contributed by atoms with E-state index < -0.39 is 8.69 Å². The van der Waals surface area contributed by atoms with Crippen LogP contribution in [0.25, 0.3) is 0 Å². The maximum absolute atomic E-state index is 9.61. The molecule has 0 aromatic heterocycles. The Morgan fingerprint density at radius 2 is 2.25 bits per heavy atom. The van der Waals surface area contributed by atoms with Crippen molar-refractivity contribution in [3.63, 3.8) is 0 Å². The molecule has 4 heteroatoms. The van der Waals surface area contributed by atoms with Gasteiger partial charge in [0.2, 0.25) is 0 Å². The molecule has 0 amide bonds. The summed E-state index contributed by atoms with van der Waals surface area (Å²) in [6.07, 6.45) is 2.11. The van der Waals surface area contributed by atoms with Crippen LogP contribution in [0.4, 0.5) is 0 Å². The third-order valence-corrected chi connectivity index (χ3v) is 0.981. The summed E-state index contributed by atoms with van der Waals surface area (Å²) in [5.41, 5.74) is 0. The monoisotopic (exact) mass is 180 g/mol. The van der Waals surface area contributed by atoms with E-state index in [2.05, 4.69) is 11.4 Å². The third-order valence-electron chi connectivity index (χ3n) is 0.659. The summed E-state index contributed by atoms with van der Waals surface area (Å²) in [6.45, 7) is 2.70. The first-order valence-electron chi connectivity index (χ1n) is 2.40. The zero-order valence-electron chi connectivity index (χ0n) is 4.77. The van der Waals surface area contributed by atoms with Crippen LogP contribution in [0.3, 0.4) is 0 Å². The molecular formula is C4H10CoO2P+4. The molecule has 0 bridgehead atoms. The molecule has 0 spiro atoms. The van der Waals surface area contributed by atoms with E-state index in [4.69, 9.17) is 0 Å². The summed E-state index contributed by atoms with van der Waals surface area (Å²) in [5, 5.41) is 0. The van der Waals surface area contributed by atoms with Gasteiger partial charge in [-0.3, -0.25) is 0 Å². The van der Waals surface area contributed by atoms with Crippen LogP contribution < -0.4 is 0 Å². The van der Waals surface area contributed by atoms with Crippen molar-refractivity contribution >= 4 is 8.69 Å². The summed E-state index contributed by atoms with van der Waals surface area (Å²) in [7, 11) is -0.582. The largest absolute Gasteiger partial charge is 3.00 e. The maximum Gasteiger partial charge on any atom is 3.00 e. The maximum atomic E-state index is 9.61. The second-order valence-corrected chi connectivity index (χ2v) is 1.74. The molecule has 0 saturated heterocycles. The van der Waals surface area contributed by atoms with Crippen LogP contribution in [-0.2, 0) is 25.9 Å². The molecule has 48 valence electrons. The average Bonchev–Trinajstić information content (AvgIpc) is 1.69. The fourth-order valence-electron chi connectivity index (χ4n) is 0.258. The second kappa shape index (κ2) is 10.5. The van der Waals surface area contributed by atoms with Crippen LogP contribution in [0.5, 0.6) is 0 Å². The average molecular weight is 180 g/mol. The molecule has 1 unspecified atom stereocenters. The smallest absolute Gasteiger partial charge is 0.148 e. The van der Waals surface area contributed by atoms with Gasteiger partial charge in [0.1, 0.15) is 6.61 Å². The molecule has 0 aliphatic heterocycles. The first-order chi connectivity index (χ1) is 3.41. The van der Waals surface area contributed by atoms with Crippen molar-refractivity contribution < 1.29 is 25.9 Å². The topological polar surface area (TPSA) is 26.3 Å². The van der Waals surface area contributed by atoms with Crippen LogP contribution in [-0.4, -0.2) is 6.61 Å². The normalized spacial score (nSPS) is 8.62. The Kier molecular flexibility index (Phi) is 15.0. The van der Waals surface area contributed by atoms with Crippen molar-refractivity contribution in [1.29, 1.82) is 0 Å². The molecule has 0 heterocycles. The molecule has 0 rings (SSSR count). The van der Waals surface area contributed by atoms with Crippen LogP contribution in [0.15, 0.2) is 0 Å². The number of hydrogen-bond donors (Lipinski definition) is 0. The second-order valence-electron chi connectivity index (χ2n) is 1.29. The van der Waals surface area contributed by atoms with Gasteiger partial charge < -0.3 is 0 Å². The summed E-state index contributed by atoms with van der Waals surface area (Å²) in [6, 6.07) is 0. The van der Waals surface area contributed by atoms with E-state index in [1.165, 1.54) is 0 Å². The van der Waals surface area contributed by atoms with Crippen LogP contribution in [0.2, 0.25) is 0 Å². The van der Waals surface area contributed by atoms with Gasteiger partial charge in [-0.1, -0.05) is 13.3 Å².